The molecule has 0 aliphatic carbocycles. The molecule has 8 heteroatoms. The fraction of sp³-hybridized carbons (Fsp3) is 0.167. The molecule has 0 heterocycles. The fourth-order valence-electron chi connectivity index (χ4n) is 2.83. The van der Waals surface area contributed by atoms with E-state index in [1.165, 1.54) is 13.3 Å². The van der Waals surface area contributed by atoms with Gasteiger partial charge in [0.1, 0.15) is 6.61 Å². The summed E-state index contributed by atoms with van der Waals surface area (Å²) >= 11 is 12.4. The fourth-order valence-corrected chi connectivity index (χ4v) is 3.44. The third-order valence-corrected chi connectivity index (χ3v) is 4.91. The van der Waals surface area contributed by atoms with Gasteiger partial charge in [0.2, 0.25) is 0 Å². The molecule has 1 N–H and O–H groups in total. The van der Waals surface area contributed by atoms with Crippen LogP contribution >= 0.6 is 23.2 Å². The maximum Gasteiger partial charge on any atom is 0.271 e. The minimum absolute atomic E-state index is 0.364. The van der Waals surface area contributed by atoms with Gasteiger partial charge in [-0.2, -0.15) is 5.10 Å². The van der Waals surface area contributed by atoms with E-state index in [4.69, 9.17) is 37.4 Å². The number of nitrogens with one attached hydrogen (secondary N) is 1. The molecule has 3 aromatic carbocycles. The molecular formula is C24H22Cl2N2O4. The Balaban J connectivity index is 1.65. The van der Waals surface area contributed by atoms with Gasteiger partial charge in [-0.05, 0) is 48.4 Å². The van der Waals surface area contributed by atoms with Crippen molar-refractivity contribution in [3.05, 3.63) is 87.4 Å². The van der Waals surface area contributed by atoms with Crippen LogP contribution in [-0.2, 0) is 6.61 Å². The van der Waals surface area contributed by atoms with E-state index in [0.717, 1.165) is 5.56 Å². The van der Waals surface area contributed by atoms with Crippen LogP contribution in [0.25, 0.3) is 0 Å². The summed E-state index contributed by atoms with van der Waals surface area (Å²) in [5.41, 5.74) is 4.49. The van der Waals surface area contributed by atoms with E-state index in [2.05, 4.69) is 10.5 Å². The van der Waals surface area contributed by atoms with Gasteiger partial charge in [0.05, 0.1) is 30.0 Å². The highest BCUT2D eigenvalue weighted by atomic mass is 35.5. The summed E-state index contributed by atoms with van der Waals surface area (Å²) in [6, 6.07) is 18.0. The number of halogens is 2. The molecule has 0 spiro atoms. The Bertz CT molecular complexity index is 1080. The number of amides is 1. The zero-order chi connectivity index (χ0) is 22.9. The second-order valence-electron chi connectivity index (χ2n) is 6.59. The summed E-state index contributed by atoms with van der Waals surface area (Å²) in [6.45, 7) is 2.68. The maximum absolute atomic E-state index is 12.5. The first kappa shape index (κ1) is 23.4. The number of methoxy groups -OCH3 is 1. The molecule has 0 atom stereocenters. The second-order valence-corrected chi connectivity index (χ2v) is 7.40. The average Bonchev–Trinajstić information content (AvgIpc) is 2.80. The molecule has 0 fully saturated rings. The summed E-state index contributed by atoms with van der Waals surface area (Å²) in [5, 5.41) is 4.70. The molecule has 0 unspecified atom stereocenters. The van der Waals surface area contributed by atoms with Gasteiger partial charge in [0, 0.05) is 5.56 Å². The van der Waals surface area contributed by atoms with Crippen LogP contribution in [0.1, 0.15) is 28.4 Å². The minimum Gasteiger partial charge on any atom is -0.493 e. The molecule has 0 bridgehead atoms. The number of carbonyl (C=O) groups is 1. The highest BCUT2D eigenvalue weighted by Gasteiger charge is 2.12. The molecule has 3 rings (SSSR count). The Morgan fingerprint density at radius 1 is 1.00 bits per heavy atom. The van der Waals surface area contributed by atoms with Gasteiger partial charge < -0.3 is 14.2 Å². The van der Waals surface area contributed by atoms with Gasteiger partial charge >= 0.3 is 0 Å². The van der Waals surface area contributed by atoms with E-state index in [1.807, 2.05) is 37.3 Å². The lowest BCUT2D eigenvalue weighted by Crippen LogP contribution is -2.17. The topological polar surface area (TPSA) is 69.2 Å². The molecule has 3 aromatic rings. The largest absolute Gasteiger partial charge is 0.493 e. The number of benzene rings is 3. The van der Waals surface area contributed by atoms with Crippen molar-refractivity contribution in [1.82, 2.24) is 5.43 Å². The van der Waals surface area contributed by atoms with Crippen LogP contribution < -0.4 is 19.6 Å². The second kappa shape index (κ2) is 11.4. The molecule has 0 aliphatic rings. The third kappa shape index (κ3) is 6.15. The van der Waals surface area contributed by atoms with Crippen LogP contribution in [0.4, 0.5) is 0 Å². The zero-order valence-electron chi connectivity index (χ0n) is 17.6. The molecule has 0 saturated carbocycles. The first-order chi connectivity index (χ1) is 15.5. The Labute approximate surface area is 196 Å². The molecule has 0 aliphatic heterocycles. The number of hydrazone groups is 1. The number of ether oxygens (including phenoxy) is 3. The Morgan fingerprint density at radius 2 is 1.72 bits per heavy atom. The van der Waals surface area contributed by atoms with Crippen molar-refractivity contribution in [3.63, 3.8) is 0 Å². The van der Waals surface area contributed by atoms with Crippen LogP contribution in [0.15, 0.2) is 65.8 Å². The summed E-state index contributed by atoms with van der Waals surface area (Å²) in [4.78, 5) is 12.5. The number of hydrogen-bond donors (Lipinski definition) is 1. The number of nitrogens with zero attached hydrogens (tertiary/aromatic N) is 1. The van der Waals surface area contributed by atoms with Crippen molar-refractivity contribution < 1.29 is 19.0 Å². The Morgan fingerprint density at radius 3 is 2.38 bits per heavy atom. The number of rotatable bonds is 9. The molecular weight excluding hydrogens is 451 g/mol. The highest BCUT2D eigenvalue weighted by Crippen LogP contribution is 2.33. The molecule has 32 heavy (non-hydrogen) atoms. The van der Waals surface area contributed by atoms with Crippen LogP contribution in [0.2, 0.25) is 10.0 Å². The predicted molar refractivity (Wildman–Crippen MR) is 126 cm³/mol. The van der Waals surface area contributed by atoms with Crippen molar-refractivity contribution in [2.45, 2.75) is 13.5 Å². The van der Waals surface area contributed by atoms with E-state index in [0.29, 0.717) is 51.6 Å². The highest BCUT2D eigenvalue weighted by molar-refractivity contribution is 6.37. The van der Waals surface area contributed by atoms with Crippen LogP contribution in [0.3, 0.4) is 0 Å². The molecule has 166 valence electrons. The van der Waals surface area contributed by atoms with E-state index in [-0.39, 0.29) is 0 Å². The molecule has 0 saturated heterocycles. The first-order valence-electron chi connectivity index (χ1n) is 9.81. The van der Waals surface area contributed by atoms with Crippen LogP contribution in [-0.4, -0.2) is 25.8 Å². The van der Waals surface area contributed by atoms with E-state index in [1.54, 1.807) is 30.3 Å². The summed E-state index contributed by atoms with van der Waals surface area (Å²) in [6.07, 6.45) is 1.44. The van der Waals surface area contributed by atoms with Gasteiger partial charge in [0.15, 0.2) is 17.2 Å². The number of hydrogen-bond acceptors (Lipinski definition) is 5. The predicted octanol–water partition coefficient (Wildman–Crippen LogP) is 5.74. The standard InChI is InChI=1S/C24H22Cl2N2O4/c1-3-31-23-19(25)11-17(12-20(23)26)14-27-28-24(29)18-9-10-21(22(13-18)30-2)32-15-16-7-5-4-6-8-16/h4-14H,3,15H2,1-2H3,(H,28,29)/b27-14+. The molecule has 1 amide bonds. The average molecular weight is 473 g/mol. The van der Waals surface area contributed by atoms with Gasteiger partial charge in [-0.25, -0.2) is 5.43 Å². The van der Waals surface area contributed by atoms with Gasteiger partial charge in [-0.3, -0.25) is 4.79 Å². The number of carbonyl (C=O) groups excluding carboxylic acids is 1. The van der Waals surface area contributed by atoms with Crippen molar-refractivity contribution >= 4 is 35.3 Å². The quantitative estimate of drug-likeness (QED) is 0.318. The first-order valence-corrected chi connectivity index (χ1v) is 10.6. The minimum atomic E-state index is -0.405. The monoisotopic (exact) mass is 472 g/mol. The molecule has 0 radical (unpaired) electrons. The summed E-state index contributed by atoms with van der Waals surface area (Å²) < 4.78 is 16.6. The maximum atomic E-state index is 12.5. The molecule has 6 nitrogen and oxygen atoms in total. The van der Waals surface area contributed by atoms with Gasteiger partial charge in [-0.15, -0.1) is 0 Å². The Hall–Kier alpha value is -3.22. The Kier molecular flexibility index (Phi) is 8.36. The summed E-state index contributed by atoms with van der Waals surface area (Å²) in [7, 11) is 1.52. The van der Waals surface area contributed by atoms with Crippen molar-refractivity contribution in [1.29, 1.82) is 0 Å². The molecule has 0 aromatic heterocycles. The van der Waals surface area contributed by atoms with Crippen LogP contribution in [0.5, 0.6) is 17.2 Å². The van der Waals surface area contributed by atoms with Gasteiger partial charge in [0.25, 0.3) is 5.91 Å². The summed E-state index contributed by atoms with van der Waals surface area (Å²) in [5.74, 6) is 0.994. The lowest BCUT2D eigenvalue weighted by Gasteiger charge is -2.12. The third-order valence-electron chi connectivity index (χ3n) is 4.35. The van der Waals surface area contributed by atoms with E-state index >= 15 is 0 Å². The smallest absolute Gasteiger partial charge is 0.271 e. The van der Waals surface area contributed by atoms with Crippen molar-refractivity contribution in [3.8, 4) is 17.2 Å². The van der Waals surface area contributed by atoms with E-state index < -0.39 is 5.91 Å². The van der Waals surface area contributed by atoms with Crippen molar-refractivity contribution in [2.75, 3.05) is 13.7 Å². The lowest BCUT2D eigenvalue weighted by atomic mass is 10.2. The van der Waals surface area contributed by atoms with Gasteiger partial charge in [-0.1, -0.05) is 53.5 Å². The van der Waals surface area contributed by atoms with E-state index in [9.17, 15) is 4.79 Å². The zero-order valence-corrected chi connectivity index (χ0v) is 19.1. The SMILES string of the molecule is CCOc1c(Cl)cc(/C=N/NC(=O)c2ccc(OCc3ccccc3)c(OC)c2)cc1Cl. The normalized spacial score (nSPS) is 10.8. The van der Waals surface area contributed by atoms with Crippen molar-refractivity contribution in [2.24, 2.45) is 5.10 Å². The lowest BCUT2D eigenvalue weighted by molar-refractivity contribution is 0.0954. The van der Waals surface area contributed by atoms with Crippen LogP contribution in [0, 0.1) is 0 Å².